The number of aromatic nitrogens is 5. The van der Waals surface area contributed by atoms with E-state index >= 15 is 0 Å². The van der Waals surface area contributed by atoms with E-state index in [0.717, 1.165) is 22.9 Å². The lowest BCUT2D eigenvalue weighted by atomic mass is 10.0. The largest absolute Gasteiger partial charge is 0.436 e. The molecule has 0 unspecified atom stereocenters. The summed E-state index contributed by atoms with van der Waals surface area (Å²) in [4.78, 5) is 8.03. The summed E-state index contributed by atoms with van der Waals surface area (Å²) in [5, 5.41) is 6.79. The van der Waals surface area contributed by atoms with Crippen LogP contribution in [-0.2, 0) is 12.6 Å². The van der Waals surface area contributed by atoms with E-state index in [1.807, 2.05) is 19.1 Å². The maximum atomic E-state index is 12.7. The predicted octanol–water partition coefficient (Wildman–Crippen LogP) is 3.31. The minimum Gasteiger partial charge on any atom is -0.245 e. The number of alkyl halides is 3. The lowest BCUT2D eigenvalue weighted by Gasteiger charge is -2.10. The van der Waals surface area contributed by atoms with Gasteiger partial charge in [0, 0.05) is 11.8 Å². The van der Waals surface area contributed by atoms with Crippen LogP contribution in [0, 0.1) is 0 Å². The molecule has 0 bridgehead atoms. The van der Waals surface area contributed by atoms with Gasteiger partial charge in [-0.25, -0.2) is 14.6 Å². The van der Waals surface area contributed by atoms with Gasteiger partial charge in [0.1, 0.15) is 6.33 Å². The molecule has 0 fully saturated rings. The van der Waals surface area contributed by atoms with Crippen molar-refractivity contribution in [1.29, 1.82) is 0 Å². The highest BCUT2D eigenvalue weighted by Gasteiger charge is 2.34. The zero-order chi connectivity index (χ0) is 16.4. The summed E-state index contributed by atoms with van der Waals surface area (Å²) in [5.74, 6) is 0. The van der Waals surface area contributed by atoms with Gasteiger partial charge in [0.25, 0.3) is 0 Å². The van der Waals surface area contributed by atoms with Crippen LogP contribution in [-0.4, -0.2) is 25.0 Å². The highest BCUT2D eigenvalue weighted by atomic mass is 19.4. The average molecular weight is 319 g/mol. The Kier molecular flexibility index (Phi) is 3.81. The van der Waals surface area contributed by atoms with Crippen LogP contribution in [0.15, 0.2) is 43.0 Å². The molecule has 0 saturated carbocycles. The van der Waals surface area contributed by atoms with Crippen LogP contribution in [0.3, 0.4) is 0 Å². The summed E-state index contributed by atoms with van der Waals surface area (Å²) in [7, 11) is 0. The van der Waals surface area contributed by atoms with Gasteiger partial charge in [0.15, 0.2) is 5.69 Å². The fourth-order valence-corrected chi connectivity index (χ4v) is 2.17. The van der Waals surface area contributed by atoms with Gasteiger partial charge in [-0.1, -0.05) is 18.2 Å². The number of halogens is 3. The molecule has 2 aromatic heterocycles. The van der Waals surface area contributed by atoms with Crippen LogP contribution in [0.2, 0.25) is 0 Å². The van der Waals surface area contributed by atoms with Gasteiger partial charge < -0.3 is 0 Å². The van der Waals surface area contributed by atoms with E-state index < -0.39 is 11.9 Å². The third-order valence-electron chi connectivity index (χ3n) is 3.36. The van der Waals surface area contributed by atoms with Crippen molar-refractivity contribution in [2.75, 3.05) is 0 Å². The second-order valence-electron chi connectivity index (χ2n) is 4.85. The molecule has 0 saturated heterocycles. The van der Waals surface area contributed by atoms with Crippen molar-refractivity contribution in [3.63, 3.8) is 0 Å². The Morgan fingerprint density at radius 2 is 2.00 bits per heavy atom. The number of aryl methyl sites for hydroxylation is 1. The lowest BCUT2D eigenvalue weighted by molar-refractivity contribution is -0.141. The van der Waals surface area contributed by atoms with Crippen molar-refractivity contribution < 1.29 is 13.2 Å². The highest BCUT2D eigenvalue weighted by Crippen LogP contribution is 2.30. The van der Waals surface area contributed by atoms with Gasteiger partial charge in [-0.3, -0.25) is 0 Å². The maximum Gasteiger partial charge on any atom is 0.436 e. The molecule has 8 heteroatoms. The summed E-state index contributed by atoms with van der Waals surface area (Å²) in [5.41, 5.74) is 1.76. The molecule has 0 N–H and O–H groups in total. The Hall–Kier alpha value is -2.77. The second-order valence-corrected chi connectivity index (χ2v) is 4.85. The molecule has 118 valence electrons. The van der Waals surface area contributed by atoms with Crippen molar-refractivity contribution >= 4 is 0 Å². The van der Waals surface area contributed by atoms with E-state index in [2.05, 4.69) is 20.3 Å². The van der Waals surface area contributed by atoms with Gasteiger partial charge >= 0.3 is 6.18 Å². The molecule has 3 rings (SSSR count). The number of benzene rings is 1. The van der Waals surface area contributed by atoms with Crippen LogP contribution < -0.4 is 0 Å². The van der Waals surface area contributed by atoms with E-state index in [1.54, 1.807) is 18.3 Å². The summed E-state index contributed by atoms with van der Waals surface area (Å²) in [6.45, 7) is 2.00. The first-order chi connectivity index (χ1) is 11.0. The topological polar surface area (TPSA) is 56.5 Å². The van der Waals surface area contributed by atoms with E-state index in [-0.39, 0.29) is 0 Å². The number of nitrogens with zero attached hydrogens (tertiary/aromatic N) is 5. The number of rotatable bonds is 3. The SMILES string of the molecule is CCc1ccc(-n2cc(C(F)(F)F)nn2)c(-c2ccncn2)c1. The zero-order valence-corrected chi connectivity index (χ0v) is 12.1. The summed E-state index contributed by atoms with van der Waals surface area (Å²) < 4.78 is 39.3. The predicted molar refractivity (Wildman–Crippen MR) is 76.8 cm³/mol. The lowest BCUT2D eigenvalue weighted by Crippen LogP contribution is -2.05. The molecule has 0 aliphatic heterocycles. The molecule has 0 radical (unpaired) electrons. The first-order valence-electron chi connectivity index (χ1n) is 6.88. The second kappa shape index (κ2) is 5.79. The first kappa shape index (κ1) is 15.1. The van der Waals surface area contributed by atoms with Gasteiger partial charge in [-0.2, -0.15) is 13.2 Å². The van der Waals surface area contributed by atoms with Crippen LogP contribution >= 0.6 is 0 Å². The van der Waals surface area contributed by atoms with E-state index in [4.69, 9.17) is 0 Å². The summed E-state index contributed by atoms with van der Waals surface area (Å²) >= 11 is 0. The Morgan fingerprint density at radius 1 is 1.17 bits per heavy atom. The molecule has 23 heavy (non-hydrogen) atoms. The number of hydrogen-bond acceptors (Lipinski definition) is 4. The fraction of sp³-hybridized carbons (Fsp3) is 0.200. The molecular weight excluding hydrogens is 307 g/mol. The first-order valence-corrected chi connectivity index (χ1v) is 6.88. The quantitative estimate of drug-likeness (QED) is 0.743. The summed E-state index contributed by atoms with van der Waals surface area (Å²) in [6.07, 6.45) is 0.0965. The molecule has 0 aliphatic carbocycles. The number of hydrogen-bond donors (Lipinski definition) is 0. The zero-order valence-electron chi connectivity index (χ0n) is 12.1. The molecule has 0 amide bonds. The molecule has 5 nitrogen and oxygen atoms in total. The Balaban J connectivity index is 2.14. The minimum absolute atomic E-state index is 0.476. The molecule has 2 heterocycles. The normalized spacial score (nSPS) is 11.7. The van der Waals surface area contributed by atoms with E-state index in [0.29, 0.717) is 16.9 Å². The Labute approximate surface area is 129 Å². The van der Waals surface area contributed by atoms with Crippen molar-refractivity contribution in [2.45, 2.75) is 19.5 Å². The van der Waals surface area contributed by atoms with Crippen molar-refractivity contribution in [3.05, 3.63) is 54.2 Å². The standard InChI is InChI=1S/C15H12F3N5/c1-2-10-3-4-13(11(7-10)12-5-6-19-9-20-12)23-8-14(21-22-23)15(16,17)18/h3-9H,2H2,1H3. The van der Waals surface area contributed by atoms with Gasteiger partial charge in [-0.05, 0) is 30.2 Å². The minimum atomic E-state index is -4.53. The molecule has 0 aliphatic rings. The molecule has 0 atom stereocenters. The van der Waals surface area contributed by atoms with Crippen molar-refractivity contribution in [3.8, 4) is 16.9 Å². The van der Waals surface area contributed by atoms with Crippen molar-refractivity contribution in [1.82, 2.24) is 25.0 Å². The van der Waals surface area contributed by atoms with Gasteiger partial charge in [0.2, 0.25) is 0 Å². The highest BCUT2D eigenvalue weighted by molar-refractivity contribution is 5.70. The average Bonchev–Trinajstić information content (AvgIpc) is 3.05. The van der Waals surface area contributed by atoms with Crippen LogP contribution in [0.4, 0.5) is 13.2 Å². The van der Waals surface area contributed by atoms with Crippen LogP contribution in [0.1, 0.15) is 18.2 Å². The summed E-state index contributed by atoms with van der Waals surface area (Å²) in [6, 6.07) is 7.13. The fourth-order valence-electron chi connectivity index (χ4n) is 2.17. The maximum absolute atomic E-state index is 12.7. The van der Waals surface area contributed by atoms with Gasteiger partial charge in [0.05, 0.1) is 17.6 Å². The molecule has 3 aromatic rings. The molecule has 0 spiro atoms. The monoisotopic (exact) mass is 319 g/mol. The molecular formula is C15H12F3N5. The third-order valence-corrected chi connectivity index (χ3v) is 3.36. The Bertz CT molecular complexity index is 811. The smallest absolute Gasteiger partial charge is 0.245 e. The Morgan fingerprint density at radius 3 is 2.61 bits per heavy atom. The van der Waals surface area contributed by atoms with E-state index in [9.17, 15) is 13.2 Å². The van der Waals surface area contributed by atoms with E-state index in [1.165, 1.54) is 6.33 Å². The van der Waals surface area contributed by atoms with Crippen molar-refractivity contribution in [2.24, 2.45) is 0 Å². The molecule has 1 aromatic carbocycles. The van der Waals surface area contributed by atoms with Crippen LogP contribution in [0.5, 0.6) is 0 Å². The van der Waals surface area contributed by atoms with Gasteiger partial charge in [-0.15, -0.1) is 5.10 Å². The van der Waals surface area contributed by atoms with Crippen LogP contribution in [0.25, 0.3) is 16.9 Å². The third kappa shape index (κ3) is 3.05.